The highest BCUT2D eigenvalue weighted by atomic mass is 16.4. The van der Waals surface area contributed by atoms with Crippen LogP contribution in [0, 0.1) is 35.5 Å². The summed E-state index contributed by atoms with van der Waals surface area (Å²) in [6.45, 7) is 31.2. The fraction of sp³-hybridized carbons (Fsp3) is 0.816. The molecule has 0 unspecified atom stereocenters. The molecule has 0 aromatic rings. The SMILES string of the molecule is CC(=O)N[C@](C)(C(=O)N[C@](C)(C(=O)N[C@](C)(C(=O)N[C@](C)(C(=O)N[C@](C)(C(=O)N[C@](C)(C(=O)O)C(C)C)C(C)C)C(C)C)C(C)C)C(C)C)C(C)C. The number of rotatable bonds is 18. The van der Waals surface area contributed by atoms with Crippen molar-refractivity contribution < 1.29 is 38.7 Å². The molecule has 0 fully saturated rings. The van der Waals surface area contributed by atoms with Crippen molar-refractivity contribution in [1.29, 1.82) is 0 Å². The quantitative estimate of drug-likeness (QED) is 0.111. The molecule has 0 radical (unpaired) electrons. The van der Waals surface area contributed by atoms with E-state index >= 15 is 0 Å². The molecule has 7 N–H and O–H groups in total. The fourth-order valence-electron chi connectivity index (χ4n) is 4.96. The molecule has 0 heterocycles. The lowest BCUT2D eigenvalue weighted by Gasteiger charge is -2.44. The first kappa shape index (κ1) is 48.3. The lowest BCUT2D eigenvalue weighted by molar-refractivity contribution is -0.151. The maximum absolute atomic E-state index is 14.3. The van der Waals surface area contributed by atoms with Gasteiger partial charge in [-0.1, -0.05) is 83.1 Å². The third-order valence-electron chi connectivity index (χ3n) is 12.0. The Balaban J connectivity index is 6.78. The largest absolute Gasteiger partial charge is 0.480 e. The minimum absolute atomic E-state index is 0.331. The Hall–Kier alpha value is -3.71. The molecule has 0 spiro atoms. The molecule has 6 amide bonds. The molecule has 14 nitrogen and oxygen atoms in total. The molecule has 300 valence electrons. The summed E-state index contributed by atoms with van der Waals surface area (Å²) in [5, 5.41) is 26.6. The van der Waals surface area contributed by atoms with Crippen LogP contribution in [0.3, 0.4) is 0 Å². The van der Waals surface area contributed by atoms with Crippen LogP contribution in [0.2, 0.25) is 0 Å². The van der Waals surface area contributed by atoms with Gasteiger partial charge in [-0.15, -0.1) is 0 Å². The second-order valence-electron chi connectivity index (χ2n) is 17.4. The Kier molecular flexibility index (Phi) is 15.8. The molecule has 6 atom stereocenters. The smallest absolute Gasteiger partial charge is 0.329 e. The van der Waals surface area contributed by atoms with Crippen molar-refractivity contribution >= 4 is 41.4 Å². The summed E-state index contributed by atoms with van der Waals surface area (Å²) in [6.07, 6.45) is 0. The van der Waals surface area contributed by atoms with Crippen LogP contribution in [-0.2, 0) is 33.6 Å². The van der Waals surface area contributed by atoms with E-state index in [1.807, 2.05) is 0 Å². The molecule has 0 aromatic heterocycles. The first-order valence-corrected chi connectivity index (χ1v) is 18.3. The molecular weight excluding hydrogens is 668 g/mol. The maximum atomic E-state index is 14.3. The van der Waals surface area contributed by atoms with Gasteiger partial charge in [0.15, 0.2) is 0 Å². The molecule has 0 saturated heterocycles. The van der Waals surface area contributed by atoms with Crippen LogP contribution in [0.5, 0.6) is 0 Å². The molecule has 0 bridgehead atoms. The van der Waals surface area contributed by atoms with Gasteiger partial charge in [0.05, 0.1) is 0 Å². The number of amides is 6. The van der Waals surface area contributed by atoms with E-state index in [4.69, 9.17) is 0 Å². The summed E-state index contributed by atoms with van der Waals surface area (Å²) in [5.74, 6) is -7.74. The van der Waals surface area contributed by atoms with E-state index < -0.39 is 104 Å². The monoisotopic (exact) mass is 739 g/mol. The number of hydrogen-bond acceptors (Lipinski definition) is 7. The minimum atomic E-state index is -1.62. The van der Waals surface area contributed by atoms with Gasteiger partial charge >= 0.3 is 5.97 Å². The molecule has 0 saturated carbocycles. The molecule has 52 heavy (non-hydrogen) atoms. The topological polar surface area (TPSA) is 212 Å². The van der Waals surface area contributed by atoms with Crippen molar-refractivity contribution in [2.75, 3.05) is 0 Å². The molecule has 0 aliphatic carbocycles. The minimum Gasteiger partial charge on any atom is -0.480 e. The molecule has 0 rings (SSSR count). The standard InChI is InChI=1S/C38H70N6O8/c1-20(2)33(14,39-26(13)45)27(46)40-34(15,21(3)4)28(47)41-35(16,22(5)6)29(48)42-36(17,23(7)8)30(49)43-37(18,24(9)10)31(50)44-38(19,25(11)12)32(51)52/h20-25H,1-19H3,(H,39,45)(H,40,46)(H,41,47)(H,42,48)(H,43,49)(H,44,50)(H,51,52)/t33-,34-,35-,36-,37-,38-/m0/s1. The van der Waals surface area contributed by atoms with Gasteiger partial charge in [-0.3, -0.25) is 28.8 Å². The third kappa shape index (κ3) is 9.83. The van der Waals surface area contributed by atoms with E-state index in [-0.39, 0.29) is 5.92 Å². The van der Waals surface area contributed by atoms with Gasteiger partial charge in [0.2, 0.25) is 35.4 Å². The predicted molar refractivity (Wildman–Crippen MR) is 202 cm³/mol. The molecular formula is C38H70N6O8. The zero-order chi connectivity index (χ0) is 41.7. The Bertz CT molecular complexity index is 1380. The van der Waals surface area contributed by atoms with E-state index in [0.717, 1.165) is 0 Å². The van der Waals surface area contributed by atoms with Gasteiger partial charge in [-0.2, -0.15) is 0 Å². The number of carboxylic acid groups (broad SMARTS) is 1. The Labute approximate surface area is 311 Å². The number of hydrogen-bond donors (Lipinski definition) is 7. The van der Waals surface area contributed by atoms with E-state index in [0.29, 0.717) is 0 Å². The average molecular weight is 739 g/mol. The fourth-order valence-corrected chi connectivity index (χ4v) is 4.96. The Morgan fingerprint density at radius 2 is 0.500 bits per heavy atom. The van der Waals surface area contributed by atoms with Gasteiger partial charge in [0.25, 0.3) is 0 Å². The van der Waals surface area contributed by atoms with E-state index in [2.05, 4.69) is 31.9 Å². The summed E-state index contributed by atoms with van der Waals surface area (Å²) in [6, 6.07) is 0. The summed E-state index contributed by atoms with van der Waals surface area (Å²) >= 11 is 0. The average Bonchev–Trinajstić information content (AvgIpc) is 2.98. The first-order chi connectivity index (χ1) is 23.2. The van der Waals surface area contributed by atoms with Gasteiger partial charge in [-0.25, -0.2) is 4.79 Å². The van der Waals surface area contributed by atoms with Crippen molar-refractivity contribution in [3.8, 4) is 0 Å². The predicted octanol–water partition coefficient (Wildman–Crippen LogP) is 3.28. The number of carbonyl (C=O) groups is 7. The zero-order valence-electron chi connectivity index (χ0n) is 35.3. The lowest BCUT2D eigenvalue weighted by Crippen LogP contribution is -2.74. The van der Waals surface area contributed by atoms with Crippen molar-refractivity contribution in [2.45, 2.75) is 165 Å². The van der Waals surface area contributed by atoms with Crippen LogP contribution in [0.25, 0.3) is 0 Å². The Morgan fingerprint density at radius 3 is 0.635 bits per heavy atom. The molecule has 0 aliphatic rings. The Morgan fingerprint density at radius 1 is 0.346 bits per heavy atom. The lowest BCUT2D eigenvalue weighted by atomic mass is 9.79. The number of nitrogens with one attached hydrogen (secondary N) is 6. The van der Waals surface area contributed by atoms with Crippen LogP contribution in [0.1, 0.15) is 132 Å². The summed E-state index contributed by atoms with van der Waals surface area (Å²) in [5.41, 5.74) is -9.30. The van der Waals surface area contributed by atoms with Gasteiger partial charge < -0.3 is 37.0 Å². The van der Waals surface area contributed by atoms with Crippen LogP contribution < -0.4 is 31.9 Å². The third-order valence-corrected chi connectivity index (χ3v) is 12.0. The summed E-state index contributed by atoms with van der Waals surface area (Å²) in [4.78, 5) is 94.4. The zero-order valence-corrected chi connectivity index (χ0v) is 35.3. The van der Waals surface area contributed by atoms with E-state index in [1.54, 1.807) is 96.9 Å². The summed E-state index contributed by atoms with van der Waals surface area (Å²) in [7, 11) is 0. The normalized spacial score (nSPS) is 18.9. The van der Waals surface area contributed by atoms with E-state index in [9.17, 15) is 38.7 Å². The van der Waals surface area contributed by atoms with Crippen molar-refractivity contribution in [3.63, 3.8) is 0 Å². The number of carbonyl (C=O) groups excluding carboxylic acids is 6. The van der Waals surface area contributed by atoms with Crippen LogP contribution in [-0.4, -0.2) is 79.8 Å². The van der Waals surface area contributed by atoms with Crippen molar-refractivity contribution in [1.82, 2.24) is 31.9 Å². The summed E-state index contributed by atoms with van der Waals surface area (Å²) < 4.78 is 0. The highest BCUT2D eigenvalue weighted by Gasteiger charge is 2.52. The number of aliphatic carboxylic acids is 1. The van der Waals surface area contributed by atoms with Gasteiger partial charge in [-0.05, 0) is 77.0 Å². The van der Waals surface area contributed by atoms with E-state index in [1.165, 1.54) is 34.6 Å². The highest BCUT2D eigenvalue weighted by Crippen LogP contribution is 2.29. The number of carboxylic acids is 1. The van der Waals surface area contributed by atoms with Crippen LogP contribution in [0.4, 0.5) is 0 Å². The second kappa shape index (κ2) is 17.0. The van der Waals surface area contributed by atoms with Gasteiger partial charge in [0.1, 0.15) is 33.2 Å². The van der Waals surface area contributed by atoms with Crippen molar-refractivity contribution in [2.24, 2.45) is 35.5 Å². The molecule has 0 aromatic carbocycles. The second-order valence-corrected chi connectivity index (χ2v) is 17.4. The first-order valence-electron chi connectivity index (χ1n) is 18.3. The van der Waals surface area contributed by atoms with Gasteiger partial charge in [0, 0.05) is 6.92 Å². The van der Waals surface area contributed by atoms with Crippen LogP contribution in [0.15, 0.2) is 0 Å². The molecule has 14 heteroatoms. The van der Waals surface area contributed by atoms with Crippen molar-refractivity contribution in [3.05, 3.63) is 0 Å². The van der Waals surface area contributed by atoms with Crippen LogP contribution >= 0.6 is 0 Å². The maximum Gasteiger partial charge on any atom is 0.329 e. The highest BCUT2D eigenvalue weighted by molar-refractivity contribution is 6.02. The molecule has 0 aliphatic heterocycles.